The van der Waals surface area contributed by atoms with Gasteiger partial charge in [-0.25, -0.2) is 0 Å². The molecule has 0 bridgehead atoms. The van der Waals surface area contributed by atoms with Crippen molar-refractivity contribution in [2.45, 2.75) is 13.0 Å². The van der Waals surface area contributed by atoms with Crippen molar-refractivity contribution in [2.24, 2.45) is 0 Å². The van der Waals surface area contributed by atoms with Crippen LogP contribution in [-0.2, 0) is 0 Å². The number of aryl methyl sites for hydroxylation is 1. The first-order chi connectivity index (χ1) is 11.7. The van der Waals surface area contributed by atoms with Crippen LogP contribution in [0.1, 0.15) is 5.56 Å². The van der Waals surface area contributed by atoms with Gasteiger partial charge in [0.15, 0.2) is 0 Å². The SMILES string of the molecule is Cc1ccc(OCC(O)C[NH+]2CCN(c3ccccc3)CC2)cc1. The molecule has 0 amide bonds. The molecule has 4 heteroatoms. The molecule has 0 saturated carbocycles. The maximum atomic E-state index is 10.2. The number of hydrogen-bond donors (Lipinski definition) is 2. The lowest BCUT2D eigenvalue weighted by atomic mass is 10.2. The summed E-state index contributed by atoms with van der Waals surface area (Å²) in [5.41, 5.74) is 2.50. The molecule has 1 aliphatic heterocycles. The molecule has 0 radical (unpaired) electrons. The largest absolute Gasteiger partial charge is 0.491 e. The smallest absolute Gasteiger partial charge is 0.137 e. The van der Waals surface area contributed by atoms with Crippen molar-refractivity contribution in [3.05, 3.63) is 60.2 Å². The number of quaternary nitrogens is 1. The Balaban J connectivity index is 1.40. The summed E-state index contributed by atoms with van der Waals surface area (Å²) in [5.74, 6) is 0.823. The van der Waals surface area contributed by atoms with E-state index >= 15 is 0 Å². The van der Waals surface area contributed by atoms with E-state index in [1.165, 1.54) is 16.2 Å². The molecule has 2 aromatic rings. The van der Waals surface area contributed by atoms with Gasteiger partial charge in [0.2, 0.25) is 0 Å². The Hall–Kier alpha value is -2.04. The molecule has 3 rings (SSSR count). The quantitative estimate of drug-likeness (QED) is 0.835. The van der Waals surface area contributed by atoms with E-state index in [0.717, 1.165) is 38.5 Å². The van der Waals surface area contributed by atoms with Gasteiger partial charge in [-0.15, -0.1) is 0 Å². The van der Waals surface area contributed by atoms with Crippen LogP contribution in [0.2, 0.25) is 0 Å². The lowest BCUT2D eigenvalue weighted by Crippen LogP contribution is -3.16. The summed E-state index contributed by atoms with van der Waals surface area (Å²) in [6, 6.07) is 18.5. The Morgan fingerprint density at radius 3 is 2.38 bits per heavy atom. The van der Waals surface area contributed by atoms with Gasteiger partial charge in [-0.1, -0.05) is 35.9 Å². The first-order valence-corrected chi connectivity index (χ1v) is 8.72. The third-order valence-electron chi connectivity index (χ3n) is 4.58. The van der Waals surface area contributed by atoms with Gasteiger partial charge >= 0.3 is 0 Å². The maximum absolute atomic E-state index is 10.2. The van der Waals surface area contributed by atoms with Crippen LogP contribution in [0.4, 0.5) is 5.69 Å². The van der Waals surface area contributed by atoms with Crippen molar-refractivity contribution in [2.75, 3.05) is 44.2 Å². The highest BCUT2D eigenvalue weighted by Gasteiger charge is 2.22. The summed E-state index contributed by atoms with van der Waals surface area (Å²) in [6.07, 6.45) is -0.426. The van der Waals surface area contributed by atoms with Gasteiger partial charge in [0.25, 0.3) is 0 Å². The fourth-order valence-corrected chi connectivity index (χ4v) is 3.14. The molecular formula is C20H27N2O2+. The summed E-state index contributed by atoms with van der Waals surface area (Å²) in [5, 5.41) is 10.2. The molecule has 2 aromatic carbocycles. The summed E-state index contributed by atoms with van der Waals surface area (Å²) >= 11 is 0. The fourth-order valence-electron chi connectivity index (χ4n) is 3.14. The highest BCUT2D eigenvalue weighted by atomic mass is 16.5. The second-order valence-corrected chi connectivity index (χ2v) is 6.55. The van der Waals surface area contributed by atoms with Crippen molar-refractivity contribution < 1.29 is 14.7 Å². The topological polar surface area (TPSA) is 37.1 Å². The second kappa shape index (κ2) is 8.18. The van der Waals surface area contributed by atoms with Crippen molar-refractivity contribution >= 4 is 5.69 Å². The number of aliphatic hydroxyl groups is 1. The lowest BCUT2D eigenvalue weighted by Gasteiger charge is -2.34. The minimum atomic E-state index is -0.426. The number of piperazine rings is 1. The normalized spacial score (nSPS) is 16.8. The number of rotatable bonds is 6. The van der Waals surface area contributed by atoms with Crippen molar-refractivity contribution in [1.29, 1.82) is 0 Å². The molecule has 0 aromatic heterocycles. The van der Waals surface area contributed by atoms with Gasteiger partial charge < -0.3 is 19.6 Å². The van der Waals surface area contributed by atoms with Crippen LogP contribution < -0.4 is 14.5 Å². The number of nitrogens with zero attached hydrogens (tertiary/aromatic N) is 1. The van der Waals surface area contributed by atoms with Gasteiger partial charge in [0.1, 0.15) is 25.0 Å². The Morgan fingerprint density at radius 2 is 1.71 bits per heavy atom. The molecule has 1 unspecified atom stereocenters. The molecule has 1 atom stereocenters. The summed E-state index contributed by atoms with van der Waals surface area (Å²) in [6.45, 7) is 7.32. The van der Waals surface area contributed by atoms with E-state index < -0.39 is 6.10 Å². The van der Waals surface area contributed by atoms with E-state index in [4.69, 9.17) is 4.74 Å². The van der Waals surface area contributed by atoms with Crippen molar-refractivity contribution in [3.63, 3.8) is 0 Å². The predicted molar refractivity (Wildman–Crippen MR) is 96.9 cm³/mol. The Labute approximate surface area is 144 Å². The van der Waals surface area contributed by atoms with E-state index in [1.807, 2.05) is 24.3 Å². The van der Waals surface area contributed by atoms with E-state index in [-0.39, 0.29) is 0 Å². The number of para-hydroxylation sites is 1. The third-order valence-corrected chi connectivity index (χ3v) is 4.58. The van der Waals surface area contributed by atoms with Gasteiger partial charge in [0, 0.05) is 5.69 Å². The van der Waals surface area contributed by atoms with Crippen LogP contribution in [0.15, 0.2) is 54.6 Å². The van der Waals surface area contributed by atoms with E-state index in [0.29, 0.717) is 6.61 Å². The number of aliphatic hydroxyl groups excluding tert-OH is 1. The Morgan fingerprint density at radius 1 is 1.04 bits per heavy atom. The molecule has 24 heavy (non-hydrogen) atoms. The summed E-state index contributed by atoms with van der Waals surface area (Å²) in [4.78, 5) is 3.86. The molecule has 128 valence electrons. The highest BCUT2D eigenvalue weighted by Crippen LogP contribution is 2.13. The molecule has 1 fully saturated rings. The average Bonchev–Trinajstić information content (AvgIpc) is 2.63. The van der Waals surface area contributed by atoms with Crippen LogP contribution in [-0.4, -0.2) is 50.5 Å². The zero-order valence-corrected chi connectivity index (χ0v) is 14.3. The van der Waals surface area contributed by atoms with E-state index in [1.54, 1.807) is 0 Å². The third kappa shape index (κ3) is 4.73. The first kappa shape index (κ1) is 16.8. The maximum Gasteiger partial charge on any atom is 0.137 e. The number of hydrogen-bond acceptors (Lipinski definition) is 3. The minimum Gasteiger partial charge on any atom is -0.491 e. The summed E-state index contributed by atoms with van der Waals surface area (Å²) in [7, 11) is 0. The monoisotopic (exact) mass is 327 g/mol. The predicted octanol–water partition coefficient (Wildman–Crippen LogP) is 1.14. The average molecular weight is 327 g/mol. The van der Waals surface area contributed by atoms with Crippen LogP contribution in [0.3, 0.4) is 0 Å². The zero-order chi connectivity index (χ0) is 16.8. The van der Waals surface area contributed by atoms with Crippen molar-refractivity contribution in [1.82, 2.24) is 0 Å². The number of anilines is 1. The molecule has 1 aliphatic rings. The Bertz CT molecular complexity index is 607. The van der Waals surface area contributed by atoms with Crippen molar-refractivity contribution in [3.8, 4) is 5.75 Å². The van der Waals surface area contributed by atoms with Crippen LogP contribution in [0.5, 0.6) is 5.75 Å². The van der Waals surface area contributed by atoms with E-state index in [9.17, 15) is 5.11 Å². The number of ether oxygens (including phenoxy) is 1. The summed E-state index contributed by atoms with van der Waals surface area (Å²) < 4.78 is 5.68. The van der Waals surface area contributed by atoms with Crippen LogP contribution >= 0.6 is 0 Å². The zero-order valence-electron chi connectivity index (χ0n) is 14.3. The molecule has 0 spiro atoms. The molecule has 1 heterocycles. The molecule has 0 aliphatic carbocycles. The highest BCUT2D eigenvalue weighted by molar-refractivity contribution is 5.46. The van der Waals surface area contributed by atoms with Crippen LogP contribution in [0, 0.1) is 6.92 Å². The molecule has 1 saturated heterocycles. The van der Waals surface area contributed by atoms with Gasteiger partial charge in [-0.05, 0) is 31.2 Å². The molecule has 4 nitrogen and oxygen atoms in total. The minimum absolute atomic E-state index is 0.356. The molecule has 2 N–H and O–H groups in total. The van der Waals surface area contributed by atoms with Gasteiger partial charge in [-0.2, -0.15) is 0 Å². The lowest BCUT2D eigenvalue weighted by molar-refractivity contribution is -0.903. The van der Waals surface area contributed by atoms with Crippen LogP contribution in [0.25, 0.3) is 0 Å². The first-order valence-electron chi connectivity index (χ1n) is 8.72. The number of nitrogens with one attached hydrogen (secondary N) is 1. The van der Waals surface area contributed by atoms with E-state index in [2.05, 4.69) is 42.2 Å². The van der Waals surface area contributed by atoms with Gasteiger partial charge in [0.05, 0.1) is 26.2 Å². The Kier molecular flexibility index (Phi) is 5.72. The van der Waals surface area contributed by atoms with Gasteiger partial charge in [-0.3, -0.25) is 0 Å². The molecular weight excluding hydrogens is 300 g/mol. The fraction of sp³-hybridized carbons (Fsp3) is 0.400. The standard InChI is InChI=1S/C20H26N2O2/c1-17-7-9-20(10-8-17)24-16-19(23)15-21-11-13-22(14-12-21)18-5-3-2-4-6-18/h2-10,19,23H,11-16H2,1H3/p+1. The number of benzene rings is 2. The second-order valence-electron chi connectivity index (χ2n) is 6.55.